The molecule has 1 N–H and O–H groups in total. The van der Waals surface area contributed by atoms with Gasteiger partial charge in [0, 0.05) is 53.4 Å². The number of piperazine rings is 1. The molecule has 0 unspecified atom stereocenters. The molecule has 1 fully saturated rings. The average molecular weight is 353 g/mol. The van der Waals surface area contributed by atoms with Gasteiger partial charge in [-0.05, 0) is 30.2 Å². The second-order valence-electron chi connectivity index (χ2n) is 6.62. The van der Waals surface area contributed by atoms with Crippen LogP contribution in [0.2, 0.25) is 0 Å². The molecule has 0 bridgehead atoms. The number of benzene rings is 2. The molecule has 0 saturated carbocycles. The topological polar surface area (TPSA) is 26.7 Å². The third-order valence-corrected chi connectivity index (χ3v) is 6.10. The number of anilines is 1. The number of aliphatic hydroxyl groups excluding tert-OH is 1. The van der Waals surface area contributed by atoms with Crippen LogP contribution in [-0.2, 0) is 13.0 Å². The molecule has 0 radical (unpaired) electrons. The molecule has 4 rings (SSSR count). The van der Waals surface area contributed by atoms with E-state index in [2.05, 4.69) is 64.4 Å². The van der Waals surface area contributed by atoms with Crippen molar-refractivity contribution in [2.24, 2.45) is 0 Å². The molecule has 3 aromatic rings. The molecule has 1 saturated heterocycles. The molecule has 0 atom stereocenters. The van der Waals surface area contributed by atoms with Gasteiger partial charge in [-0.1, -0.05) is 36.4 Å². The molecule has 0 amide bonds. The molecule has 3 nitrogen and oxygen atoms in total. The van der Waals surface area contributed by atoms with E-state index in [0.717, 1.165) is 44.0 Å². The summed E-state index contributed by atoms with van der Waals surface area (Å²) in [5, 5.41) is 10.7. The van der Waals surface area contributed by atoms with Crippen molar-refractivity contribution < 1.29 is 5.11 Å². The summed E-state index contributed by atoms with van der Waals surface area (Å²) in [7, 11) is 0. The van der Waals surface area contributed by atoms with E-state index in [1.165, 1.54) is 21.3 Å². The van der Waals surface area contributed by atoms with Gasteiger partial charge in [-0.25, -0.2) is 0 Å². The number of rotatable bonds is 5. The first-order valence-electron chi connectivity index (χ1n) is 8.97. The molecular formula is C21H24N2OS. The Balaban J connectivity index is 1.39. The van der Waals surface area contributed by atoms with Crippen molar-refractivity contribution in [2.75, 3.05) is 37.6 Å². The van der Waals surface area contributed by atoms with Crippen LogP contribution >= 0.6 is 11.3 Å². The predicted octanol–water partition coefficient (Wildman–Crippen LogP) is 3.76. The van der Waals surface area contributed by atoms with Gasteiger partial charge in [0.05, 0.1) is 6.61 Å². The van der Waals surface area contributed by atoms with E-state index < -0.39 is 0 Å². The van der Waals surface area contributed by atoms with E-state index in [1.807, 2.05) is 0 Å². The summed E-state index contributed by atoms with van der Waals surface area (Å²) in [6.45, 7) is 5.62. The Bertz CT molecular complexity index is 822. The van der Waals surface area contributed by atoms with Gasteiger partial charge in [0.25, 0.3) is 0 Å². The van der Waals surface area contributed by atoms with E-state index >= 15 is 0 Å². The first-order chi connectivity index (χ1) is 12.3. The predicted molar refractivity (Wildman–Crippen MR) is 107 cm³/mol. The van der Waals surface area contributed by atoms with Gasteiger partial charge < -0.3 is 10.0 Å². The first-order valence-corrected chi connectivity index (χ1v) is 9.78. The molecule has 0 aliphatic carbocycles. The number of thiophene rings is 1. The third kappa shape index (κ3) is 3.71. The highest BCUT2D eigenvalue weighted by Crippen LogP contribution is 2.33. The largest absolute Gasteiger partial charge is 0.391 e. The first kappa shape index (κ1) is 16.6. The van der Waals surface area contributed by atoms with E-state index in [0.29, 0.717) is 0 Å². The van der Waals surface area contributed by atoms with Crippen molar-refractivity contribution in [3.8, 4) is 0 Å². The molecular weight excluding hydrogens is 328 g/mol. The van der Waals surface area contributed by atoms with Crippen LogP contribution in [0.4, 0.5) is 5.69 Å². The normalized spacial score (nSPS) is 15.8. The molecule has 130 valence electrons. The molecule has 1 aromatic heterocycles. The number of nitrogens with zero attached hydrogens (tertiary/aromatic N) is 2. The average Bonchev–Trinajstić information content (AvgIpc) is 3.11. The van der Waals surface area contributed by atoms with Crippen LogP contribution in [0.1, 0.15) is 10.4 Å². The van der Waals surface area contributed by atoms with Gasteiger partial charge in [0.2, 0.25) is 0 Å². The molecule has 1 aliphatic heterocycles. The lowest BCUT2D eigenvalue weighted by Crippen LogP contribution is -2.47. The van der Waals surface area contributed by atoms with Crippen LogP contribution < -0.4 is 4.90 Å². The second kappa shape index (κ2) is 7.56. The lowest BCUT2D eigenvalue weighted by Gasteiger charge is -2.36. The van der Waals surface area contributed by atoms with Gasteiger partial charge in [0.15, 0.2) is 0 Å². The fraction of sp³-hybridized carbons (Fsp3) is 0.333. The molecule has 25 heavy (non-hydrogen) atoms. The molecule has 1 aliphatic rings. The summed E-state index contributed by atoms with van der Waals surface area (Å²) >= 11 is 1.69. The van der Waals surface area contributed by atoms with Gasteiger partial charge in [-0.2, -0.15) is 0 Å². The van der Waals surface area contributed by atoms with Gasteiger partial charge in [0.1, 0.15) is 0 Å². The Morgan fingerprint density at radius 2 is 1.72 bits per heavy atom. The lowest BCUT2D eigenvalue weighted by atomic mass is 10.1. The highest BCUT2D eigenvalue weighted by molar-refractivity contribution is 7.19. The van der Waals surface area contributed by atoms with Gasteiger partial charge in [-0.3, -0.25) is 4.90 Å². The monoisotopic (exact) mass is 352 g/mol. The highest BCUT2D eigenvalue weighted by atomic mass is 32.1. The zero-order chi connectivity index (χ0) is 17.1. The van der Waals surface area contributed by atoms with E-state index in [1.54, 1.807) is 11.3 Å². The zero-order valence-electron chi connectivity index (χ0n) is 14.4. The van der Waals surface area contributed by atoms with Crippen molar-refractivity contribution in [3.05, 3.63) is 65.0 Å². The molecule has 0 spiro atoms. The van der Waals surface area contributed by atoms with Crippen molar-refractivity contribution in [3.63, 3.8) is 0 Å². The Morgan fingerprint density at radius 3 is 2.48 bits per heavy atom. The Hall–Kier alpha value is -1.88. The van der Waals surface area contributed by atoms with Crippen LogP contribution in [0.5, 0.6) is 0 Å². The highest BCUT2D eigenvalue weighted by Gasteiger charge is 2.19. The second-order valence-corrected chi connectivity index (χ2v) is 7.79. The number of hydrogen-bond donors (Lipinski definition) is 1. The zero-order valence-corrected chi connectivity index (χ0v) is 15.2. The Morgan fingerprint density at radius 1 is 0.920 bits per heavy atom. The van der Waals surface area contributed by atoms with Gasteiger partial charge in [-0.15, -0.1) is 11.3 Å². The standard InChI is InChI=1S/C21H24N2OS/c24-16-18-15-19-20(7-4-8-21(19)25-18)23-13-11-22(12-14-23)10-9-17-5-2-1-3-6-17/h1-8,15,24H,9-14,16H2. The fourth-order valence-corrected chi connectivity index (χ4v) is 4.54. The minimum absolute atomic E-state index is 0.131. The van der Waals surface area contributed by atoms with Crippen molar-refractivity contribution in [2.45, 2.75) is 13.0 Å². The summed E-state index contributed by atoms with van der Waals surface area (Å²) < 4.78 is 1.27. The summed E-state index contributed by atoms with van der Waals surface area (Å²) in [6, 6.07) is 19.4. The number of hydrogen-bond acceptors (Lipinski definition) is 4. The Labute approximate surface area is 153 Å². The number of aliphatic hydroxyl groups is 1. The van der Waals surface area contributed by atoms with Crippen LogP contribution in [0.15, 0.2) is 54.6 Å². The smallest absolute Gasteiger partial charge is 0.0774 e. The summed E-state index contributed by atoms with van der Waals surface area (Å²) in [5.74, 6) is 0. The quantitative estimate of drug-likeness (QED) is 0.757. The summed E-state index contributed by atoms with van der Waals surface area (Å²) in [5.41, 5.74) is 2.74. The molecule has 4 heteroatoms. The van der Waals surface area contributed by atoms with Gasteiger partial charge >= 0.3 is 0 Å². The SMILES string of the molecule is OCc1cc2c(N3CCN(CCc4ccccc4)CC3)cccc2s1. The Kier molecular flexibility index (Phi) is 5.02. The lowest BCUT2D eigenvalue weighted by molar-refractivity contribution is 0.261. The fourth-order valence-electron chi connectivity index (χ4n) is 3.60. The van der Waals surface area contributed by atoms with Crippen LogP contribution in [0.3, 0.4) is 0 Å². The third-order valence-electron chi connectivity index (χ3n) is 5.02. The van der Waals surface area contributed by atoms with Crippen molar-refractivity contribution in [1.29, 1.82) is 0 Å². The van der Waals surface area contributed by atoms with E-state index in [-0.39, 0.29) is 6.61 Å². The van der Waals surface area contributed by atoms with Crippen molar-refractivity contribution >= 4 is 27.1 Å². The molecule has 2 aromatic carbocycles. The maximum Gasteiger partial charge on any atom is 0.0774 e. The maximum atomic E-state index is 9.42. The maximum absolute atomic E-state index is 9.42. The van der Waals surface area contributed by atoms with Crippen LogP contribution in [0.25, 0.3) is 10.1 Å². The van der Waals surface area contributed by atoms with E-state index in [4.69, 9.17) is 0 Å². The minimum Gasteiger partial charge on any atom is -0.391 e. The van der Waals surface area contributed by atoms with Crippen molar-refractivity contribution in [1.82, 2.24) is 4.90 Å². The minimum atomic E-state index is 0.131. The molecule has 2 heterocycles. The summed E-state index contributed by atoms with van der Waals surface area (Å²) in [4.78, 5) is 6.11. The number of fused-ring (bicyclic) bond motifs is 1. The summed E-state index contributed by atoms with van der Waals surface area (Å²) in [6.07, 6.45) is 1.13. The van der Waals surface area contributed by atoms with E-state index in [9.17, 15) is 5.11 Å². The van der Waals surface area contributed by atoms with Crippen LogP contribution in [0, 0.1) is 0 Å². The van der Waals surface area contributed by atoms with Crippen LogP contribution in [-0.4, -0.2) is 42.7 Å².